The molecule has 1 aliphatic rings. The Kier molecular flexibility index (Phi) is 7.34. The van der Waals surface area contributed by atoms with Gasteiger partial charge in [0, 0.05) is 6.04 Å². The molecule has 2 N–H and O–H groups in total. The van der Waals surface area contributed by atoms with Crippen molar-refractivity contribution in [2.24, 2.45) is 0 Å². The maximum atomic E-state index is 12.9. The molecule has 1 aliphatic heterocycles. The van der Waals surface area contributed by atoms with Gasteiger partial charge in [-0.05, 0) is 56.9 Å². The number of rotatable bonds is 8. The van der Waals surface area contributed by atoms with Gasteiger partial charge >= 0.3 is 0 Å². The van der Waals surface area contributed by atoms with Crippen LogP contribution in [-0.2, 0) is 26.3 Å². The molecule has 2 aromatic carbocycles. The molecule has 174 valence electrons. The number of halogens is 1. The topological polar surface area (TPSA) is 109 Å². The van der Waals surface area contributed by atoms with E-state index in [1.165, 1.54) is 18.2 Å². The van der Waals surface area contributed by atoms with E-state index in [0.717, 1.165) is 12.0 Å². The van der Waals surface area contributed by atoms with Crippen LogP contribution in [0.5, 0.6) is 0 Å². The largest absolute Gasteiger partial charge is 0.346 e. The molecule has 3 rings (SSSR count). The maximum Gasteiger partial charge on any atom is 0.253 e. The van der Waals surface area contributed by atoms with Crippen LogP contribution in [0.4, 0.5) is 0 Å². The number of amides is 1. The summed E-state index contributed by atoms with van der Waals surface area (Å²) < 4.78 is 52.0. The first kappa shape index (κ1) is 24.7. The third kappa shape index (κ3) is 6.31. The van der Waals surface area contributed by atoms with Gasteiger partial charge in [-0.25, -0.2) is 21.6 Å². The lowest BCUT2D eigenvalue weighted by atomic mass is 10.0. The van der Waals surface area contributed by atoms with Gasteiger partial charge in [-0.2, -0.15) is 0 Å². The van der Waals surface area contributed by atoms with Gasteiger partial charge in [-0.3, -0.25) is 4.79 Å². The van der Waals surface area contributed by atoms with E-state index in [2.05, 4.69) is 10.0 Å². The zero-order chi connectivity index (χ0) is 23.6. The first-order valence-electron chi connectivity index (χ1n) is 10.3. The predicted molar refractivity (Wildman–Crippen MR) is 125 cm³/mol. The van der Waals surface area contributed by atoms with Crippen LogP contribution in [0.15, 0.2) is 53.4 Å². The van der Waals surface area contributed by atoms with Crippen LogP contribution in [0.3, 0.4) is 0 Å². The van der Waals surface area contributed by atoms with E-state index in [-0.39, 0.29) is 39.4 Å². The third-order valence-corrected chi connectivity index (χ3v) is 9.30. The Morgan fingerprint density at radius 2 is 1.88 bits per heavy atom. The molecule has 1 heterocycles. The fraction of sp³-hybridized carbons (Fsp3) is 0.409. The Morgan fingerprint density at radius 3 is 2.50 bits per heavy atom. The highest BCUT2D eigenvalue weighted by atomic mass is 35.5. The van der Waals surface area contributed by atoms with Crippen molar-refractivity contribution in [2.75, 3.05) is 11.5 Å². The van der Waals surface area contributed by atoms with Crippen LogP contribution < -0.4 is 10.0 Å². The molecule has 0 spiro atoms. The minimum Gasteiger partial charge on any atom is -0.346 e. The Labute approximate surface area is 194 Å². The fourth-order valence-electron chi connectivity index (χ4n) is 3.72. The number of benzene rings is 2. The molecule has 0 aliphatic carbocycles. The van der Waals surface area contributed by atoms with Crippen molar-refractivity contribution < 1.29 is 21.6 Å². The monoisotopic (exact) mass is 498 g/mol. The number of sulfonamides is 1. The second kappa shape index (κ2) is 9.51. The van der Waals surface area contributed by atoms with Crippen molar-refractivity contribution in [3.63, 3.8) is 0 Å². The summed E-state index contributed by atoms with van der Waals surface area (Å²) in [7, 11) is -7.10. The predicted octanol–water partition coefficient (Wildman–Crippen LogP) is 2.95. The summed E-state index contributed by atoms with van der Waals surface area (Å²) in [5.74, 6) is -0.776. The molecule has 1 saturated heterocycles. The Morgan fingerprint density at radius 1 is 1.19 bits per heavy atom. The quantitative estimate of drug-likeness (QED) is 0.581. The number of hydrogen-bond donors (Lipinski definition) is 2. The van der Waals surface area contributed by atoms with Crippen LogP contribution in [0.2, 0.25) is 5.02 Å². The molecule has 7 nitrogen and oxygen atoms in total. The molecule has 0 radical (unpaired) electrons. The number of aryl methyl sites for hydroxylation is 1. The Balaban J connectivity index is 1.71. The highest BCUT2D eigenvalue weighted by Gasteiger charge is 2.39. The van der Waals surface area contributed by atoms with Crippen LogP contribution in [0.25, 0.3) is 0 Å². The molecule has 2 atom stereocenters. The van der Waals surface area contributed by atoms with Gasteiger partial charge < -0.3 is 5.32 Å². The molecule has 32 heavy (non-hydrogen) atoms. The van der Waals surface area contributed by atoms with Crippen LogP contribution in [0, 0.1) is 0 Å². The van der Waals surface area contributed by atoms with Gasteiger partial charge in [-0.15, -0.1) is 0 Å². The average Bonchev–Trinajstić information content (AvgIpc) is 2.99. The summed E-state index contributed by atoms with van der Waals surface area (Å²) in [5.41, 5.74) is 0.182. The Hall–Kier alpha value is -1.94. The summed E-state index contributed by atoms with van der Waals surface area (Å²) >= 11 is 6.16. The molecule has 0 bridgehead atoms. The lowest BCUT2D eigenvalue weighted by Crippen LogP contribution is -2.47. The van der Waals surface area contributed by atoms with Gasteiger partial charge in [0.2, 0.25) is 10.0 Å². The Bertz CT molecular complexity index is 1200. The van der Waals surface area contributed by atoms with Crippen molar-refractivity contribution in [2.45, 2.75) is 49.6 Å². The van der Waals surface area contributed by atoms with Crippen LogP contribution >= 0.6 is 11.6 Å². The van der Waals surface area contributed by atoms with Crippen molar-refractivity contribution in [1.82, 2.24) is 10.0 Å². The van der Waals surface area contributed by atoms with E-state index in [9.17, 15) is 21.6 Å². The van der Waals surface area contributed by atoms with Crippen molar-refractivity contribution in [3.05, 3.63) is 64.7 Å². The van der Waals surface area contributed by atoms with Crippen LogP contribution in [0.1, 0.15) is 42.6 Å². The second-order valence-electron chi connectivity index (χ2n) is 8.55. The molecule has 2 aromatic rings. The normalized spacial score (nSPS) is 21.2. The summed E-state index contributed by atoms with van der Waals surface area (Å²) in [6, 6.07) is 13.4. The molecular weight excluding hydrogens is 472 g/mol. The van der Waals surface area contributed by atoms with Gasteiger partial charge in [-0.1, -0.05) is 41.9 Å². The first-order valence-corrected chi connectivity index (χ1v) is 14.0. The highest BCUT2D eigenvalue weighted by molar-refractivity contribution is 7.91. The zero-order valence-electron chi connectivity index (χ0n) is 18.0. The standard InChI is InChI=1S/C22H27ClN2O5S2/c1-16(8-9-17-6-4-3-5-7-17)25-32(29,30)18-10-11-20(23)19(14-18)21(26)24-22(2)12-13-31(27,28)15-22/h3-7,10-11,14,16,25H,8-9,12-13,15H2,1-2H3,(H,24,26)/t16-,22+/m0/s1. The number of carbonyl (C=O) groups excluding carboxylic acids is 1. The third-order valence-electron chi connectivity index (χ3n) is 5.48. The molecule has 1 fully saturated rings. The molecule has 0 aromatic heterocycles. The average molecular weight is 499 g/mol. The smallest absolute Gasteiger partial charge is 0.253 e. The van der Waals surface area contributed by atoms with Crippen LogP contribution in [-0.4, -0.2) is 45.8 Å². The van der Waals surface area contributed by atoms with E-state index >= 15 is 0 Å². The van der Waals surface area contributed by atoms with Gasteiger partial charge in [0.25, 0.3) is 5.91 Å². The van der Waals surface area contributed by atoms with Gasteiger partial charge in [0.15, 0.2) is 9.84 Å². The summed E-state index contributed by atoms with van der Waals surface area (Å²) in [6.45, 7) is 3.44. The summed E-state index contributed by atoms with van der Waals surface area (Å²) in [4.78, 5) is 12.7. The number of hydrogen-bond acceptors (Lipinski definition) is 5. The van der Waals surface area contributed by atoms with Gasteiger partial charge in [0.05, 0.1) is 32.5 Å². The van der Waals surface area contributed by atoms with E-state index in [0.29, 0.717) is 6.42 Å². The molecule has 10 heteroatoms. The van der Waals surface area contributed by atoms with Crippen molar-refractivity contribution in [3.8, 4) is 0 Å². The minimum atomic E-state index is -3.88. The van der Waals surface area contributed by atoms with Gasteiger partial charge in [0.1, 0.15) is 0 Å². The SMILES string of the molecule is C[C@@H](CCc1ccccc1)NS(=O)(=O)c1ccc(Cl)c(C(=O)N[C@]2(C)CCS(=O)(=O)C2)c1. The number of carbonyl (C=O) groups is 1. The van der Waals surface area contributed by atoms with Crippen molar-refractivity contribution in [1.29, 1.82) is 0 Å². The molecule has 0 saturated carbocycles. The van der Waals surface area contributed by atoms with E-state index < -0.39 is 31.3 Å². The van der Waals surface area contributed by atoms with E-state index in [1.54, 1.807) is 13.8 Å². The zero-order valence-corrected chi connectivity index (χ0v) is 20.4. The lowest BCUT2D eigenvalue weighted by Gasteiger charge is -2.24. The maximum absolute atomic E-state index is 12.9. The first-order chi connectivity index (χ1) is 14.9. The molecule has 0 unspecified atom stereocenters. The second-order valence-corrected chi connectivity index (χ2v) is 12.9. The number of sulfone groups is 1. The summed E-state index contributed by atoms with van der Waals surface area (Å²) in [5, 5.41) is 2.79. The lowest BCUT2D eigenvalue weighted by molar-refractivity contribution is 0.0915. The highest BCUT2D eigenvalue weighted by Crippen LogP contribution is 2.26. The molecule has 1 amide bonds. The fourth-order valence-corrected chi connectivity index (χ4v) is 7.32. The minimum absolute atomic E-state index is 0.00325. The van der Waals surface area contributed by atoms with E-state index in [1.807, 2.05) is 30.3 Å². The summed E-state index contributed by atoms with van der Waals surface area (Å²) in [6.07, 6.45) is 1.62. The molecular formula is C22H27ClN2O5S2. The van der Waals surface area contributed by atoms with E-state index in [4.69, 9.17) is 11.6 Å². The van der Waals surface area contributed by atoms with Crippen molar-refractivity contribution >= 4 is 37.4 Å². The number of nitrogens with one attached hydrogen (secondary N) is 2.